The average Bonchev–Trinajstić information content (AvgIpc) is 3.65. The summed E-state index contributed by atoms with van der Waals surface area (Å²) in [5, 5.41) is 17.1. The highest BCUT2D eigenvalue weighted by Crippen LogP contribution is 2.33. The molecule has 0 spiro atoms. The zero-order valence-electron chi connectivity index (χ0n) is 28.4. The van der Waals surface area contributed by atoms with Crippen molar-refractivity contribution in [2.75, 3.05) is 38.6 Å². The van der Waals surface area contributed by atoms with Crippen LogP contribution in [0, 0.1) is 18.8 Å². The number of amides is 3. The van der Waals surface area contributed by atoms with Gasteiger partial charge < -0.3 is 21.7 Å². The maximum Gasteiger partial charge on any atom is 0.269 e. The molecular weight excluding hydrogens is 620 g/mol. The summed E-state index contributed by atoms with van der Waals surface area (Å²) < 4.78 is 0. The van der Waals surface area contributed by atoms with Gasteiger partial charge in [-0.25, -0.2) is 0 Å². The zero-order chi connectivity index (χ0) is 34.9. The minimum absolute atomic E-state index is 0.119. The lowest BCUT2D eigenvalue weighted by Gasteiger charge is -2.35. The third kappa shape index (κ3) is 8.92. The molecule has 2 aromatic heterocycles. The van der Waals surface area contributed by atoms with Gasteiger partial charge in [0.25, 0.3) is 5.91 Å². The summed E-state index contributed by atoms with van der Waals surface area (Å²) in [7, 11) is 4.00. The minimum Gasteiger partial charge on any atom is -0.368 e. The molecule has 3 amide bonds. The van der Waals surface area contributed by atoms with Crippen molar-refractivity contribution in [2.45, 2.75) is 51.5 Å². The van der Waals surface area contributed by atoms with E-state index in [1.165, 1.54) is 0 Å². The van der Waals surface area contributed by atoms with Crippen LogP contribution >= 0.6 is 0 Å². The molecule has 1 aliphatic carbocycles. The van der Waals surface area contributed by atoms with Crippen molar-refractivity contribution in [2.24, 2.45) is 23.3 Å². The van der Waals surface area contributed by atoms with Crippen LogP contribution in [0.25, 0.3) is 22.5 Å². The van der Waals surface area contributed by atoms with Crippen molar-refractivity contribution < 1.29 is 14.4 Å². The largest absolute Gasteiger partial charge is 0.368 e. The molecule has 2 heterocycles. The van der Waals surface area contributed by atoms with Gasteiger partial charge in [-0.1, -0.05) is 24.3 Å². The first-order valence-electron chi connectivity index (χ1n) is 16.8. The van der Waals surface area contributed by atoms with Gasteiger partial charge in [0.05, 0.1) is 0 Å². The molecular formula is C36H46N10O3. The highest BCUT2D eigenvalue weighted by atomic mass is 16.2. The van der Waals surface area contributed by atoms with E-state index < -0.39 is 11.9 Å². The number of nitrogens with zero attached hydrogens (tertiary/aromatic N) is 6. The van der Waals surface area contributed by atoms with Gasteiger partial charge in [0.2, 0.25) is 17.6 Å². The van der Waals surface area contributed by atoms with E-state index >= 15 is 0 Å². The molecule has 1 aliphatic rings. The van der Waals surface area contributed by atoms with Crippen molar-refractivity contribution in [3.63, 3.8) is 0 Å². The number of carbonyl (C=O) groups is 3. The normalized spacial score (nSPS) is 16.7. The van der Waals surface area contributed by atoms with E-state index in [4.69, 9.17) is 11.5 Å². The van der Waals surface area contributed by atoms with E-state index in [9.17, 15) is 14.4 Å². The lowest BCUT2D eigenvalue weighted by Crippen LogP contribution is -2.52. The topological polar surface area (TPSA) is 189 Å². The fourth-order valence-corrected chi connectivity index (χ4v) is 6.39. The first-order valence-corrected chi connectivity index (χ1v) is 16.8. The second-order valence-electron chi connectivity index (χ2n) is 13.1. The van der Waals surface area contributed by atoms with Crippen LogP contribution in [0.1, 0.15) is 53.7 Å². The molecule has 4 aromatic rings. The monoisotopic (exact) mass is 666 g/mol. The summed E-state index contributed by atoms with van der Waals surface area (Å²) in [4.78, 5) is 48.0. The summed E-state index contributed by atoms with van der Waals surface area (Å²) in [5.41, 5.74) is 17.2. The van der Waals surface area contributed by atoms with Crippen LogP contribution in [0.5, 0.6) is 0 Å². The predicted molar refractivity (Wildman–Crippen MR) is 188 cm³/mol. The van der Waals surface area contributed by atoms with Gasteiger partial charge in [-0.05, 0) is 124 Å². The smallest absolute Gasteiger partial charge is 0.269 e. The number of carbonyl (C=O) groups excluding carboxylic acids is 3. The Bertz CT molecular complexity index is 1700. The number of pyridine rings is 1. The molecule has 0 aliphatic heterocycles. The molecule has 0 unspecified atom stereocenters. The van der Waals surface area contributed by atoms with E-state index in [1.807, 2.05) is 45.3 Å². The van der Waals surface area contributed by atoms with Gasteiger partial charge in [0.1, 0.15) is 11.7 Å². The van der Waals surface area contributed by atoms with Crippen LogP contribution in [0.15, 0.2) is 60.8 Å². The number of nitrogens with two attached hydrogens (primary N) is 2. The minimum atomic E-state index is -0.916. The second kappa shape index (κ2) is 16.4. The molecule has 1 fully saturated rings. The number of benzene rings is 2. The second-order valence-corrected chi connectivity index (χ2v) is 13.1. The summed E-state index contributed by atoms with van der Waals surface area (Å²) in [5.74, 6) is -0.310. The number of aryl methyl sites for hydroxylation is 1. The maximum atomic E-state index is 14.2. The van der Waals surface area contributed by atoms with Crippen LogP contribution in [0.3, 0.4) is 0 Å². The summed E-state index contributed by atoms with van der Waals surface area (Å²) in [6.07, 6.45) is 5.97. The summed E-state index contributed by atoms with van der Waals surface area (Å²) >= 11 is 0. The Morgan fingerprint density at radius 1 is 1.00 bits per heavy atom. The fraction of sp³-hybridized carbons (Fsp3) is 0.417. The quantitative estimate of drug-likeness (QED) is 0.147. The van der Waals surface area contributed by atoms with Gasteiger partial charge in [-0.3, -0.25) is 24.3 Å². The Morgan fingerprint density at radius 2 is 1.69 bits per heavy atom. The standard InChI is InChI=1S/C36H46N10O3/c1-23-19-31(35(48)39-17-4-18-45(2)3)40-22-30(23)26-9-5-24(6-10-26)20-32(33(38)47)46(36(49)28-11-7-25(21-37)8-12-28)29-15-13-27(14-16-29)34-41-43-44-42-34/h5-6,9-10,13-16,19,22,25,28,32H,4,7-8,11-12,17-18,20-21,37H2,1-3H3,(H2,38,47)(H,39,48)(H,41,42,43,44)/t25?,28?,32-/m0/s1. The number of hydrogen-bond donors (Lipinski definition) is 4. The van der Waals surface area contributed by atoms with Crippen molar-refractivity contribution in [3.05, 3.63) is 77.6 Å². The summed E-state index contributed by atoms with van der Waals surface area (Å²) in [6.45, 7) is 4.03. The van der Waals surface area contributed by atoms with Gasteiger partial charge in [0.15, 0.2) is 0 Å². The Labute approximate surface area is 286 Å². The number of rotatable bonds is 14. The molecule has 13 nitrogen and oxygen atoms in total. The Kier molecular flexibility index (Phi) is 11.8. The zero-order valence-corrected chi connectivity index (χ0v) is 28.4. The number of nitrogens with one attached hydrogen (secondary N) is 2. The van der Waals surface area contributed by atoms with Crippen LogP contribution in [0.2, 0.25) is 0 Å². The Balaban J connectivity index is 1.35. The van der Waals surface area contributed by atoms with E-state index in [0.29, 0.717) is 49.1 Å². The van der Waals surface area contributed by atoms with E-state index in [-0.39, 0.29) is 24.2 Å². The molecule has 1 saturated carbocycles. The molecule has 1 atom stereocenters. The van der Waals surface area contributed by atoms with Crippen molar-refractivity contribution in [1.82, 2.24) is 35.8 Å². The lowest BCUT2D eigenvalue weighted by atomic mass is 9.81. The SMILES string of the molecule is Cc1cc(C(=O)NCCCN(C)C)ncc1-c1ccc(C[C@@H](C(N)=O)N(C(=O)C2CCC(CN)CC2)c2ccc(-c3nn[nH]n3)cc2)cc1. The van der Waals surface area contributed by atoms with Crippen molar-refractivity contribution >= 4 is 23.4 Å². The molecule has 49 heavy (non-hydrogen) atoms. The highest BCUT2D eigenvalue weighted by Gasteiger charge is 2.36. The van der Waals surface area contributed by atoms with Crippen LogP contribution in [-0.4, -0.2) is 88.0 Å². The van der Waals surface area contributed by atoms with Crippen LogP contribution in [-0.2, 0) is 16.0 Å². The van der Waals surface area contributed by atoms with E-state index in [1.54, 1.807) is 41.4 Å². The van der Waals surface area contributed by atoms with Crippen molar-refractivity contribution in [3.8, 4) is 22.5 Å². The molecule has 0 bridgehead atoms. The first-order chi connectivity index (χ1) is 23.6. The molecule has 0 saturated heterocycles. The third-order valence-corrected chi connectivity index (χ3v) is 9.26. The Hall–Kier alpha value is -5.01. The first kappa shape index (κ1) is 35.3. The average molecular weight is 667 g/mol. The van der Waals surface area contributed by atoms with Crippen molar-refractivity contribution in [1.29, 1.82) is 0 Å². The van der Waals surface area contributed by atoms with Gasteiger partial charge in [0, 0.05) is 41.9 Å². The van der Waals surface area contributed by atoms with Gasteiger partial charge in [-0.2, -0.15) is 5.21 Å². The number of tetrazole rings is 1. The predicted octanol–water partition coefficient (Wildman–Crippen LogP) is 3.11. The number of primary amides is 1. The number of aromatic amines is 1. The number of hydrogen-bond acceptors (Lipinski definition) is 9. The van der Waals surface area contributed by atoms with Crippen LogP contribution in [0.4, 0.5) is 5.69 Å². The maximum absolute atomic E-state index is 14.2. The molecule has 13 heteroatoms. The van der Waals surface area contributed by atoms with Crippen LogP contribution < -0.4 is 21.7 Å². The number of H-pyrrole nitrogens is 1. The van der Waals surface area contributed by atoms with E-state index in [0.717, 1.165) is 53.6 Å². The summed E-state index contributed by atoms with van der Waals surface area (Å²) in [6, 6.07) is 15.8. The van der Waals surface area contributed by atoms with Gasteiger partial charge >= 0.3 is 0 Å². The lowest BCUT2D eigenvalue weighted by molar-refractivity contribution is -0.127. The molecule has 6 N–H and O–H groups in total. The third-order valence-electron chi connectivity index (χ3n) is 9.26. The van der Waals surface area contributed by atoms with E-state index in [2.05, 4.69) is 35.8 Å². The van der Waals surface area contributed by atoms with Gasteiger partial charge in [-0.15, -0.1) is 10.2 Å². The Morgan fingerprint density at radius 3 is 2.29 bits per heavy atom. The molecule has 5 rings (SSSR count). The molecule has 0 radical (unpaired) electrons. The molecule has 258 valence electrons. The number of anilines is 1. The number of aromatic nitrogens is 5. The molecule has 2 aromatic carbocycles. The fourth-order valence-electron chi connectivity index (χ4n) is 6.39. The highest BCUT2D eigenvalue weighted by molar-refractivity contribution is 6.02.